The fourth-order valence-corrected chi connectivity index (χ4v) is 10.2. The van der Waals surface area contributed by atoms with Crippen molar-refractivity contribution in [1.29, 1.82) is 0 Å². The van der Waals surface area contributed by atoms with Crippen LogP contribution in [0.25, 0.3) is 5.69 Å². The zero-order valence-electron chi connectivity index (χ0n) is 24.4. The SMILES string of the molecule is C[C@]12CC[C@H]3[C@@H](CCC4C[C@@H](O)CC[C@@]43C)[C@@H]1CC[C@@H]2c1nn(-c2ccccc2)cc1CNCc1ccccc1. The van der Waals surface area contributed by atoms with E-state index in [-0.39, 0.29) is 6.10 Å². The van der Waals surface area contributed by atoms with Crippen LogP contribution in [0.4, 0.5) is 0 Å². The van der Waals surface area contributed by atoms with Gasteiger partial charge in [0.15, 0.2) is 0 Å². The molecular formula is C36H47N3O. The number of benzene rings is 2. The zero-order valence-corrected chi connectivity index (χ0v) is 24.4. The molecule has 2 aromatic carbocycles. The molecule has 0 bridgehead atoms. The Morgan fingerprint density at radius 1 is 0.825 bits per heavy atom. The molecule has 8 atom stereocenters. The van der Waals surface area contributed by atoms with Crippen LogP contribution in [0.5, 0.6) is 0 Å². The molecule has 40 heavy (non-hydrogen) atoms. The molecule has 0 saturated heterocycles. The van der Waals surface area contributed by atoms with Crippen molar-refractivity contribution in [2.45, 2.75) is 96.7 Å². The van der Waals surface area contributed by atoms with E-state index in [2.05, 4.69) is 90.7 Å². The monoisotopic (exact) mass is 537 g/mol. The molecule has 4 nitrogen and oxygen atoms in total. The maximum Gasteiger partial charge on any atom is 0.0710 e. The fraction of sp³-hybridized carbons (Fsp3) is 0.583. The molecule has 7 rings (SSSR count). The van der Waals surface area contributed by atoms with Gasteiger partial charge in [-0.15, -0.1) is 0 Å². The third-order valence-electron chi connectivity index (χ3n) is 12.3. The summed E-state index contributed by atoms with van der Waals surface area (Å²) in [7, 11) is 0. The number of aromatic nitrogens is 2. The van der Waals surface area contributed by atoms with Gasteiger partial charge in [-0.25, -0.2) is 4.68 Å². The van der Waals surface area contributed by atoms with Crippen LogP contribution in [-0.2, 0) is 13.1 Å². The lowest BCUT2D eigenvalue weighted by Crippen LogP contribution is -2.53. The van der Waals surface area contributed by atoms with Gasteiger partial charge in [0.2, 0.25) is 0 Å². The highest BCUT2D eigenvalue weighted by Gasteiger charge is 2.60. The van der Waals surface area contributed by atoms with Gasteiger partial charge in [0.05, 0.1) is 17.5 Å². The van der Waals surface area contributed by atoms with Gasteiger partial charge in [0, 0.05) is 30.8 Å². The van der Waals surface area contributed by atoms with E-state index in [0.29, 0.717) is 16.7 Å². The second-order valence-electron chi connectivity index (χ2n) is 14.2. The van der Waals surface area contributed by atoms with Crippen molar-refractivity contribution in [1.82, 2.24) is 15.1 Å². The molecule has 0 spiro atoms. The third-order valence-corrected chi connectivity index (χ3v) is 12.3. The predicted octanol–water partition coefficient (Wildman–Crippen LogP) is 7.65. The van der Waals surface area contributed by atoms with E-state index in [0.717, 1.165) is 55.3 Å². The maximum absolute atomic E-state index is 10.4. The number of nitrogens with one attached hydrogen (secondary N) is 1. The number of para-hydroxylation sites is 1. The molecule has 4 heteroatoms. The Morgan fingerprint density at radius 2 is 1.55 bits per heavy atom. The Morgan fingerprint density at radius 3 is 2.35 bits per heavy atom. The van der Waals surface area contributed by atoms with Gasteiger partial charge in [0.1, 0.15) is 0 Å². The molecule has 0 aliphatic heterocycles. The van der Waals surface area contributed by atoms with Gasteiger partial charge in [-0.3, -0.25) is 0 Å². The molecule has 4 aliphatic rings. The Bertz CT molecular complexity index is 1300. The van der Waals surface area contributed by atoms with E-state index in [1.165, 1.54) is 61.8 Å². The third kappa shape index (κ3) is 4.47. The Labute approximate surface area is 240 Å². The lowest BCUT2D eigenvalue weighted by molar-refractivity contribution is -0.123. The number of nitrogens with zero attached hydrogens (tertiary/aromatic N) is 2. The average molecular weight is 538 g/mol. The summed E-state index contributed by atoms with van der Waals surface area (Å²) in [5.41, 5.74) is 5.93. The van der Waals surface area contributed by atoms with Crippen LogP contribution in [0.3, 0.4) is 0 Å². The first-order chi connectivity index (χ1) is 19.5. The first-order valence-electron chi connectivity index (χ1n) is 16.0. The number of hydrogen-bond donors (Lipinski definition) is 2. The molecule has 1 heterocycles. The van der Waals surface area contributed by atoms with Gasteiger partial charge < -0.3 is 10.4 Å². The number of aliphatic hydroxyl groups is 1. The largest absolute Gasteiger partial charge is 0.393 e. The lowest BCUT2D eigenvalue weighted by atomic mass is 9.44. The zero-order chi connectivity index (χ0) is 27.3. The summed E-state index contributed by atoms with van der Waals surface area (Å²) >= 11 is 0. The van der Waals surface area contributed by atoms with Gasteiger partial charge in [-0.05, 0) is 110 Å². The molecule has 4 aliphatic carbocycles. The molecule has 4 saturated carbocycles. The molecule has 1 aromatic heterocycles. The number of hydrogen-bond acceptors (Lipinski definition) is 3. The lowest BCUT2D eigenvalue weighted by Gasteiger charge is -2.61. The first kappa shape index (κ1) is 26.5. The van der Waals surface area contributed by atoms with E-state index in [1.807, 2.05) is 0 Å². The normalized spacial score (nSPS) is 37.0. The van der Waals surface area contributed by atoms with E-state index < -0.39 is 0 Å². The van der Waals surface area contributed by atoms with Crippen LogP contribution in [0.2, 0.25) is 0 Å². The highest BCUT2D eigenvalue weighted by atomic mass is 16.3. The molecule has 212 valence electrons. The van der Waals surface area contributed by atoms with Crippen LogP contribution in [-0.4, -0.2) is 21.0 Å². The van der Waals surface area contributed by atoms with Crippen molar-refractivity contribution in [3.8, 4) is 5.69 Å². The molecule has 4 fully saturated rings. The van der Waals surface area contributed by atoms with Crippen LogP contribution in [0.1, 0.15) is 94.4 Å². The first-order valence-corrected chi connectivity index (χ1v) is 16.0. The van der Waals surface area contributed by atoms with E-state index in [4.69, 9.17) is 5.10 Å². The van der Waals surface area contributed by atoms with Gasteiger partial charge in [-0.2, -0.15) is 5.10 Å². The molecular weight excluding hydrogens is 490 g/mol. The van der Waals surface area contributed by atoms with E-state index in [9.17, 15) is 5.11 Å². The number of rotatable bonds is 6. The van der Waals surface area contributed by atoms with Gasteiger partial charge >= 0.3 is 0 Å². The number of aliphatic hydroxyl groups excluding tert-OH is 1. The minimum Gasteiger partial charge on any atom is -0.393 e. The van der Waals surface area contributed by atoms with Crippen molar-refractivity contribution in [3.05, 3.63) is 83.7 Å². The van der Waals surface area contributed by atoms with Crippen molar-refractivity contribution in [2.24, 2.45) is 34.5 Å². The van der Waals surface area contributed by atoms with Crippen LogP contribution in [0, 0.1) is 34.5 Å². The minimum atomic E-state index is -0.0620. The quantitative estimate of drug-likeness (QED) is 0.340. The summed E-state index contributed by atoms with van der Waals surface area (Å²) in [5, 5.41) is 19.5. The number of fused-ring (bicyclic) bond motifs is 5. The van der Waals surface area contributed by atoms with Crippen LogP contribution < -0.4 is 5.32 Å². The van der Waals surface area contributed by atoms with Crippen molar-refractivity contribution in [2.75, 3.05) is 0 Å². The Balaban J connectivity index is 1.16. The summed E-state index contributed by atoms with van der Waals surface area (Å²) in [6.45, 7) is 6.96. The highest BCUT2D eigenvalue weighted by molar-refractivity contribution is 5.35. The Kier molecular flexibility index (Phi) is 6.91. The fourth-order valence-electron chi connectivity index (χ4n) is 10.2. The maximum atomic E-state index is 10.4. The van der Waals surface area contributed by atoms with E-state index >= 15 is 0 Å². The second kappa shape index (κ2) is 10.4. The molecule has 2 N–H and O–H groups in total. The Hall–Kier alpha value is -2.43. The summed E-state index contributed by atoms with van der Waals surface area (Å²) in [6.07, 6.45) is 13.5. The summed E-state index contributed by atoms with van der Waals surface area (Å²) in [5.74, 6) is 3.73. The van der Waals surface area contributed by atoms with Crippen LogP contribution in [0.15, 0.2) is 66.9 Å². The molecule has 0 amide bonds. The standard InChI is InChI=1S/C36H47N3O/c1-35-19-17-29(40)21-27(35)13-14-30-31-15-16-33(36(31,2)20-18-32(30)35)34-26(23-37-22-25-9-5-3-6-10-25)24-39(38-34)28-11-7-4-8-12-28/h3-12,24,27,29-33,37,40H,13-23H2,1-2H3/t27?,29-,30-,31-,32-,33+,35-,36-/m0/s1. The van der Waals surface area contributed by atoms with Crippen molar-refractivity contribution < 1.29 is 5.11 Å². The molecule has 0 radical (unpaired) electrons. The second-order valence-corrected chi connectivity index (χ2v) is 14.2. The summed E-state index contributed by atoms with van der Waals surface area (Å²) in [6, 6.07) is 21.4. The van der Waals surface area contributed by atoms with E-state index in [1.54, 1.807) is 0 Å². The van der Waals surface area contributed by atoms with Crippen molar-refractivity contribution >= 4 is 0 Å². The smallest absolute Gasteiger partial charge is 0.0710 e. The van der Waals surface area contributed by atoms with Crippen LogP contribution >= 0.6 is 0 Å². The molecule has 3 aromatic rings. The topological polar surface area (TPSA) is 50.1 Å². The van der Waals surface area contributed by atoms with Gasteiger partial charge in [0.25, 0.3) is 0 Å². The predicted molar refractivity (Wildman–Crippen MR) is 161 cm³/mol. The van der Waals surface area contributed by atoms with Gasteiger partial charge in [-0.1, -0.05) is 62.4 Å². The highest BCUT2D eigenvalue weighted by Crippen LogP contribution is 2.69. The summed E-state index contributed by atoms with van der Waals surface area (Å²) < 4.78 is 2.14. The molecule has 1 unspecified atom stereocenters. The minimum absolute atomic E-state index is 0.0620. The summed E-state index contributed by atoms with van der Waals surface area (Å²) in [4.78, 5) is 0. The average Bonchev–Trinajstić information content (AvgIpc) is 3.55. The van der Waals surface area contributed by atoms with Crippen molar-refractivity contribution in [3.63, 3.8) is 0 Å².